The summed E-state index contributed by atoms with van der Waals surface area (Å²) in [5.74, 6) is -0.385. The fourth-order valence-corrected chi connectivity index (χ4v) is 3.89. The molecule has 4 rings (SSSR count). The molecule has 0 unspecified atom stereocenters. The molecular formula is C24H23Cl2N5O2. The lowest BCUT2D eigenvalue weighted by Crippen LogP contribution is -2.31. The van der Waals surface area contributed by atoms with E-state index in [9.17, 15) is 9.59 Å². The summed E-state index contributed by atoms with van der Waals surface area (Å²) >= 11 is 12.0. The zero-order chi connectivity index (χ0) is 23.9. The van der Waals surface area contributed by atoms with E-state index in [-0.39, 0.29) is 12.5 Å². The fourth-order valence-electron chi connectivity index (χ4n) is 3.59. The molecule has 0 radical (unpaired) electrons. The maximum atomic E-state index is 13.4. The van der Waals surface area contributed by atoms with Gasteiger partial charge in [0.05, 0.1) is 27.6 Å². The first-order valence-electron chi connectivity index (χ1n) is 10.5. The maximum absolute atomic E-state index is 13.4. The average molecular weight is 484 g/mol. The van der Waals surface area contributed by atoms with Gasteiger partial charge in [0.2, 0.25) is 5.91 Å². The monoisotopic (exact) mass is 483 g/mol. The van der Waals surface area contributed by atoms with Gasteiger partial charge < -0.3 is 5.32 Å². The molecule has 7 nitrogen and oxygen atoms in total. The van der Waals surface area contributed by atoms with Crippen molar-refractivity contribution in [1.29, 1.82) is 0 Å². The van der Waals surface area contributed by atoms with Crippen molar-refractivity contribution in [3.63, 3.8) is 0 Å². The zero-order valence-electron chi connectivity index (χ0n) is 18.7. The molecule has 1 amide bonds. The Labute approximate surface area is 200 Å². The van der Waals surface area contributed by atoms with Gasteiger partial charge in [-0.2, -0.15) is 10.2 Å². The van der Waals surface area contributed by atoms with Crippen LogP contribution in [0.4, 0.5) is 5.69 Å². The predicted molar refractivity (Wildman–Crippen MR) is 132 cm³/mol. The minimum absolute atomic E-state index is 0.0230. The van der Waals surface area contributed by atoms with Crippen LogP contribution in [-0.2, 0) is 11.3 Å². The minimum Gasteiger partial charge on any atom is -0.324 e. The van der Waals surface area contributed by atoms with Crippen molar-refractivity contribution in [3.8, 4) is 5.69 Å². The quantitative estimate of drug-likeness (QED) is 0.419. The number of nitrogens with one attached hydrogen (secondary N) is 1. The molecule has 0 atom stereocenters. The Morgan fingerprint density at radius 3 is 2.48 bits per heavy atom. The summed E-state index contributed by atoms with van der Waals surface area (Å²) in [7, 11) is 0. The number of hydrogen-bond acceptors (Lipinski definition) is 4. The van der Waals surface area contributed by atoms with E-state index < -0.39 is 11.5 Å². The second-order valence-electron chi connectivity index (χ2n) is 8.27. The number of amides is 1. The first-order valence-corrected chi connectivity index (χ1v) is 11.2. The number of carbonyl (C=O) groups is 1. The van der Waals surface area contributed by atoms with Gasteiger partial charge in [-0.05, 0) is 61.2 Å². The van der Waals surface area contributed by atoms with E-state index >= 15 is 0 Å². The average Bonchev–Trinajstić information content (AvgIpc) is 3.20. The first kappa shape index (κ1) is 23.0. The van der Waals surface area contributed by atoms with E-state index in [0.717, 1.165) is 16.8 Å². The summed E-state index contributed by atoms with van der Waals surface area (Å²) in [4.78, 5) is 26.1. The van der Waals surface area contributed by atoms with Crippen molar-refractivity contribution >= 4 is 45.7 Å². The van der Waals surface area contributed by atoms with Crippen LogP contribution in [0.25, 0.3) is 16.6 Å². The van der Waals surface area contributed by atoms with Gasteiger partial charge in [-0.25, -0.2) is 9.36 Å². The highest BCUT2D eigenvalue weighted by Crippen LogP contribution is 2.26. The van der Waals surface area contributed by atoms with Gasteiger partial charge in [-0.15, -0.1) is 0 Å². The van der Waals surface area contributed by atoms with Crippen LogP contribution in [0.1, 0.15) is 36.6 Å². The maximum Gasteiger partial charge on any atom is 0.293 e. The second kappa shape index (κ2) is 9.00. The van der Waals surface area contributed by atoms with Crippen LogP contribution in [-0.4, -0.2) is 25.5 Å². The van der Waals surface area contributed by atoms with Crippen LogP contribution in [0, 0.1) is 13.8 Å². The highest BCUT2D eigenvalue weighted by Gasteiger charge is 2.20. The molecule has 0 bridgehead atoms. The van der Waals surface area contributed by atoms with Crippen molar-refractivity contribution in [3.05, 3.63) is 79.8 Å². The lowest BCUT2D eigenvalue weighted by molar-refractivity contribution is -0.117. The van der Waals surface area contributed by atoms with E-state index in [1.54, 1.807) is 29.1 Å². The number of nitrogens with zero attached hydrogens (tertiary/aromatic N) is 4. The first-order chi connectivity index (χ1) is 15.7. The number of fused-ring (bicyclic) bond motifs is 1. The van der Waals surface area contributed by atoms with E-state index in [0.29, 0.717) is 32.3 Å². The summed E-state index contributed by atoms with van der Waals surface area (Å²) < 4.78 is 2.80. The van der Waals surface area contributed by atoms with Crippen LogP contribution >= 0.6 is 23.2 Å². The Balaban J connectivity index is 1.77. The van der Waals surface area contributed by atoms with Crippen molar-refractivity contribution in [2.75, 3.05) is 5.32 Å². The van der Waals surface area contributed by atoms with Crippen molar-refractivity contribution < 1.29 is 4.79 Å². The molecule has 0 fully saturated rings. The van der Waals surface area contributed by atoms with Gasteiger partial charge in [0.1, 0.15) is 12.1 Å². The topological polar surface area (TPSA) is 81.8 Å². The molecule has 0 spiro atoms. The Morgan fingerprint density at radius 2 is 1.82 bits per heavy atom. The van der Waals surface area contributed by atoms with E-state index in [1.165, 1.54) is 4.68 Å². The summed E-state index contributed by atoms with van der Waals surface area (Å²) in [5.41, 5.74) is 4.19. The molecule has 1 N–H and O–H groups in total. The Hall–Kier alpha value is -3.16. The summed E-state index contributed by atoms with van der Waals surface area (Å²) in [6.07, 6.45) is 1.66. The van der Waals surface area contributed by atoms with E-state index in [2.05, 4.69) is 15.5 Å². The number of hydrogen-bond donors (Lipinski definition) is 1. The largest absolute Gasteiger partial charge is 0.324 e. The van der Waals surface area contributed by atoms with Crippen LogP contribution in [0.3, 0.4) is 0 Å². The third-order valence-corrected chi connectivity index (χ3v) is 6.23. The number of halogens is 2. The number of anilines is 1. The zero-order valence-corrected chi connectivity index (χ0v) is 20.2. The number of benzene rings is 2. The summed E-state index contributed by atoms with van der Waals surface area (Å²) in [5, 5.41) is 13.1. The Kier molecular flexibility index (Phi) is 6.28. The summed E-state index contributed by atoms with van der Waals surface area (Å²) in [6.45, 7) is 7.75. The van der Waals surface area contributed by atoms with Crippen LogP contribution < -0.4 is 10.9 Å². The van der Waals surface area contributed by atoms with Crippen LogP contribution in [0.2, 0.25) is 10.0 Å². The minimum atomic E-state index is -0.408. The van der Waals surface area contributed by atoms with Gasteiger partial charge in [-0.3, -0.25) is 9.59 Å². The Morgan fingerprint density at radius 1 is 1.06 bits per heavy atom. The molecule has 2 aromatic carbocycles. The number of aromatic nitrogens is 4. The van der Waals surface area contributed by atoms with Gasteiger partial charge in [-0.1, -0.05) is 43.1 Å². The van der Waals surface area contributed by atoms with Crippen molar-refractivity contribution in [2.45, 2.75) is 40.2 Å². The molecule has 0 aliphatic rings. The number of aryl methyl sites for hydroxylation is 2. The highest BCUT2D eigenvalue weighted by atomic mass is 35.5. The lowest BCUT2D eigenvalue weighted by atomic mass is 10.1. The van der Waals surface area contributed by atoms with Crippen LogP contribution in [0.15, 0.2) is 47.4 Å². The Bertz CT molecular complexity index is 1440. The lowest BCUT2D eigenvalue weighted by Gasteiger charge is -2.13. The fraction of sp³-hybridized carbons (Fsp3) is 0.250. The normalized spacial score (nSPS) is 11.4. The molecule has 0 aliphatic carbocycles. The molecule has 0 saturated heterocycles. The highest BCUT2D eigenvalue weighted by molar-refractivity contribution is 6.42. The second-order valence-corrected chi connectivity index (χ2v) is 9.08. The molecule has 2 aromatic heterocycles. The van der Waals surface area contributed by atoms with Crippen molar-refractivity contribution in [1.82, 2.24) is 19.6 Å². The molecule has 0 saturated carbocycles. The molecule has 9 heteroatoms. The molecule has 33 heavy (non-hydrogen) atoms. The SMILES string of the molecule is Cc1ccc(-n2ncc3c(C(C)C)nn(CC(=O)Nc4ccc(Cl)c(Cl)c4)c(=O)c32)cc1C. The van der Waals surface area contributed by atoms with Gasteiger partial charge in [0, 0.05) is 11.1 Å². The molecule has 170 valence electrons. The van der Waals surface area contributed by atoms with Crippen molar-refractivity contribution in [2.24, 2.45) is 0 Å². The summed E-state index contributed by atoms with van der Waals surface area (Å²) in [6, 6.07) is 10.7. The molecule has 4 aromatic rings. The van der Waals surface area contributed by atoms with E-state index in [1.807, 2.05) is 45.9 Å². The number of rotatable bonds is 5. The van der Waals surface area contributed by atoms with E-state index in [4.69, 9.17) is 23.2 Å². The molecular weight excluding hydrogens is 461 g/mol. The molecule has 0 aliphatic heterocycles. The van der Waals surface area contributed by atoms with Gasteiger partial charge in [0.15, 0.2) is 0 Å². The smallest absolute Gasteiger partial charge is 0.293 e. The standard InChI is InChI=1S/C24H23Cl2N5O2/c1-13(2)22-18-11-27-31(17-7-5-14(3)15(4)9-17)23(18)24(33)30(29-22)12-21(32)28-16-6-8-19(25)20(26)10-16/h5-11,13H,12H2,1-4H3,(H,28,32). The third-order valence-electron chi connectivity index (χ3n) is 5.49. The number of carbonyl (C=O) groups excluding carboxylic acids is 1. The van der Waals surface area contributed by atoms with Gasteiger partial charge >= 0.3 is 0 Å². The predicted octanol–water partition coefficient (Wildman–Crippen LogP) is 5.27. The third kappa shape index (κ3) is 4.51. The molecule has 2 heterocycles. The van der Waals surface area contributed by atoms with Gasteiger partial charge in [0.25, 0.3) is 5.56 Å². The van der Waals surface area contributed by atoms with Crippen LogP contribution in [0.5, 0.6) is 0 Å².